The number of rotatable bonds is 10. The summed E-state index contributed by atoms with van der Waals surface area (Å²) < 4.78 is 33.5. The molecule has 0 heterocycles. The van der Waals surface area contributed by atoms with Gasteiger partial charge in [-0.15, -0.1) is 0 Å². The standard InChI is InChI=1S/C27H31NO4S/c1-4-6-7-23-10-14-24(15-11-23)28(33(30,31)26-18-8-21(3)9-19-26)27(29)20-32-25-16-12-22(5-2)13-17-25/h8-19H,4-7,20H2,1-3H3. The van der Waals surface area contributed by atoms with Gasteiger partial charge in [0.1, 0.15) is 5.75 Å². The molecule has 0 radical (unpaired) electrons. The topological polar surface area (TPSA) is 63.7 Å². The molecule has 6 heteroatoms. The molecule has 0 aliphatic rings. The molecule has 0 aliphatic heterocycles. The minimum atomic E-state index is -4.11. The van der Waals surface area contributed by atoms with Crippen molar-refractivity contribution in [2.24, 2.45) is 0 Å². The van der Waals surface area contributed by atoms with E-state index in [1.807, 2.05) is 31.2 Å². The summed E-state index contributed by atoms with van der Waals surface area (Å²) in [6.45, 7) is 5.67. The lowest BCUT2D eigenvalue weighted by molar-refractivity contribution is -0.119. The van der Waals surface area contributed by atoms with Crippen LogP contribution in [0.4, 0.5) is 5.69 Å². The third-order valence-electron chi connectivity index (χ3n) is 5.47. The normalized spacial score (nSPS) is 11.2. The summed E-state index contributed by atoms with van der Waals surface area (Å²) in [5.74, 6) is -0.139. The van der Waals surface area contributed by atoms with Crippen LogP contribution in [-0.4, -0.2) is 20.9 Å². The van der Waals surface area contributed by atoms with Gasteiger partial charge in [0.25, 0.3) is 15.9 Å². The molecule has 5 nitrogen and oxygen atoms in total. The number of carbonyl (C=O) groups excluding carboxylic acids is 1. The fourth-order valence-corrected chi connectivity index (χ4v) is 4.85. The Morgan fingerprint density at radius 1 is 0.848 bits per heavy atom. The van der Waals surface area contributed by atoms with E-state index in [1.54, 1.807) is 36.4 Å². The van der Waals surface area contributed by atoms with Gasteiger partial charge in [-0.2, -0.15) is 4.31 Å². The smallest absolute Gasteiger partial charge is 0.278 e. The molecule has 0 saturated heterocycles. The lowest BCUT2D eigenvalue weighted by Crippen LogP contribution is -2.40. The number of ether oxygens (including phenoxy) is 1. The van der Waals surface area contributed by atoms with Gasteiger partial charge in [-0.1, -0.05) is 62.2 Å². The molecule has 33 heavy (non-hydrogen) atoms. The van der Waals surface area contributed by atoms with Crippen molar-refractivity contribution in [3.8, 4) is 5.75 Å². The molecule has 0 unspecified atom stereocenters. The van der Waals surface area contributed by atoms with Crippen LogP contribution in [0, 0.1) is 6.92 Å². The molecule has 0 spiro atoms. The predicted molar refractivity (Wildman–Crippen MR) is 132 cm³/mol. The first kappa shape index (κ1) is 24.5. The molecular weight excluding hydrogens is 434 g/mol. The number of benzene rings is 3. The van der Waals surface area contributed by atoms with Gasteiger partial charge >= 0.3 is 0 Å². The lowest BCUT2D eigenvalue weighted by atomic mass is 10.1. The SMILES string of the molecule is CCCCc1ccc(N(C(=O)COc2ccc(CC)cc2)S(=O)(=O)c2ccc(C)cc2)cc1. The van der Waals surface area contributed by atoms with E-state index in [2.05, 4.69) is 13.8 Å². The molecular formula is C27H31NO4S. The number of hydrogen-bond donors (Lipinski definition) is 0. The number of carbonyl (C=O) groups is 1. The van der Waals surface area contributed by atoms with Crippen molar-refractivity contribution in [2.45, 2.75) is 51.3 Å². The van der Waals surface area contributed by atoms with Crippen LogP contribution in [0.5, 0.6) is 5.75 Å². The Balaban J connectivity index is 1.90. The minimum Gasteiger partial charge on any atom is -0.484 e. The van der Waals surface area contributed by atoms with E-state index in [1.165, 1.54) is 12.1 Å². The first-order valence-corrected chi connectivity index (χ1v) is 12.7. The van der Waals surface area contributed by atoms with Gasteiger partial charge in [0.05, 0.1) is 10.6 Å². The van der Waals surface area contributed by atoms with Gasteiger partial charge in [-0.3, -0.25) is 4.79 Å². The number of hydrogen-bond acceptors (Lipinski definition) is 4. The van der Waals surface area contributed by atoms with E-state index in [0.29, 0.717) is 11.4 Å². The van der Waals surface area contributed by atoms with E-state index in [-0.39, 0.29) is 4.90 Å². The summed E-state index contributed by atoms with van der Waals surface area (Å²) >= 11 is 0. The number of sulfonamides is 1. The highest BCUT2D eigenvalue weighted by Crippen LogP contribution is 2.26. The molecule has 0 bridgehead atoms. The van der Waals surface area contributed by atoms with Crippen molar-refractivity contribution in [1.29, 1.82) is 0 Å². The van der Waals surface area contributed by atoms with Gasteiger partial charge in [-0.05, 0) is 73.7 Å². The van der Waals surface area contributed by atoms with Crippen molar-refractivity contribution in [3.63, 3.8) is 0 Å². The Kier molecular flexibility index (Phi) is 8.28. The molecule has 3 rings (SSSR count). The Morgan fingerprint density at radius 3 is 2.03 bits per heavy atom. The molecule has 0 aromatic heterocycles. The third kappa shape index (κ3) is 6.23. The highest BCUT2D eigenvalue weighted by Gasteiger charge is 2.31. The second-order valence-corrected chi connectivity index (χ2v) is 9.82. The molecule has 1 amide bonds. The summed E-state index contributed by atoms with van der Waals surface area (Å²) in [7, 11) is -4.11. The lowest BCUT2D eigenvalue weighted by Gasteiger charge is -2.23. The summed E-state index contributed by atoms with van der Waals surface area (Å²) in [5, 5.41) is 0. The number of aryl methyl sites for hydroxylation is 3. The number of amides is 1. The van der Waals surface area contributed by atoms with Gasteiger partial charge in [0.15, 0.2) is 6.61 Å². The summed E-state index contributed by atoms with van der Waals surface area (Å²) in [6, 6.07) is 21.0. The largest absolute Gasteiger partial charge is 0.484 e. The van der Waals surface area contributed by atoms with E-state index < -0.39 is 22.5 Å². The quantitative estimate of drug-likeness (QED) is 0.385. The third-order valence-corrected chi connectivity index (χ3v) is 7.23. The van der Waals surface area contributed by atoms with Crippen molar-refractivity contribution < 1.29 is 17.9 Å². The van der Waals surface area contributed by atoms with Crippen molar-refractivity contribution in [3.05, 3.63) is 89.5 Å². The van der Waals surface area contributed by atoms with Crippen LogP contribution >= 0.6 is 0 Å². The van der Waals surface area contributed by atoms with E-state index in [9.17, 15) is 13.2 Å². The Bertz CT molecular complexity index is 1150. The van der Waals surface area contributed by atoms with Gasteiger partial charge < -0.3 is 4.74 Å². The zero-order valence-corrected chi connectivity index (χ0v) is 20.3. The van der Waals surface area contributed by atoms with Gasteiger partial charge in [0.2, 0.25) is 0 Å². The summed E-state index contributed by atoms with van der Waals surface area (Å²) in [6.07, 6.45) is 3.93. The monoisotopic (exact) mass is 465 g/mol. The van der Waals surface area contributed by atoms with Crippen molar-refractivity contribution in [1.82, 2.24) is 0 Å². The zero-order chi connectivity index (χ0) is 23.8. The molecule has 3 aromatic rings. The van der Waals surface area contributed by atoms with Crippen molar-refractivity contribution in [2.75, 3.05) is 10.9 Å². The first-order chi connectivity index (χ1) is 15.8. The summed E-state index contributed by atoms with van der Waals surface area (Å²) in [4.78, 5) is 13.3. The highest BCUT2D eigenvalue weighted by molar-refractivity contribution is 7.93. The Labute approximate surface area is 197 Å². The van der Waals surface area contributed by atoms with Crippen LogP contribution in [0.15, 0.2) is 77.7 Å². The predicted octanol–water partition coefficient (Wildman–Crippen LogP) is 5.70. The molecule has 174 valence electrons. The second-order valence-electron chi connectivity index (χ2n) is 8.03. The average molecular weight is 466 g/mol. The minimum absolute atomic E-state index is 0.0591. The van der Waals surface area contributed by atoms with Gasteiger partial charge in [0, 0.05) is 0 Å². The summed E-state index contributed by atoms with van der Waals surface area (Å²) in [5.41, 5.74) is 3.49. The van der Waals surface area contributed by atoms with Crippen LogP contribution < -0.4 is 9.04 Å². The molecule has 0 N–H and O–H groups in total. The van der Waals surface area contributed by atoms with Crippen LogP contribution in [0.25, 0.3) is 0 Å². The van der Waals surface area contributed by atoms with Gasteiger partial charge in [-0.25, -0.2) is 8.42 Å². The van der Waals surface area contributed by atoms with E-state index in [4.69, 9.17) is 4.74 Å². The Hall–Kier alpha value is -3.12. The fourth-order valence-electron chi connectivity index (χ4n) is 3.44. The maximum Gasteiger partial charge on any atom is 0.278 e. The second kappa shape index (κ2) is 11.1. The molecule has 0 fully saturated rings. The van der Waals surface area contributed by atoms with Crippen molar-refractivity contribution >= 4 is 21.6 Å². The maximum atomic E-state index is 13.5. The number of anilines is 1. The first-order valence-electron chi connectivity index (χ1n) is 11.3. The van der Waals surface area contributed by atoms with E-state index in [0.717, 1.165) is 46.7 Å². The maximum absolute atomic E-state index is 13.5. The van der Waals surface area contributed by atoms with Crippen LogP contribution in [0.1, 0.15) is 43.4 Å². The molecule has 0 aliphatic carbocycles. The van der Waals surface area contributed by atoms with Crippen LogP contribution in [0.3, 0.4) is 0 Å². The fraction of sp³-hybridized carbons (Fsp3) is 0.296. The van der Waals surface area contributed by atoms with Crippen LogP contribution in [0.2, 0.25) is 0 Å². The molecule has 0 saturated carbocycles. The van der Waals surface area contributed by atoms with E-state index >= 15 is 0 Å². The number of nitrogens with zero attached hydrogens (tertiary/aromatic N) is 1. The Morgan fingerprint density at radius 2 is 1.45 bits per heavy atom. The molecule has 0 atom stereocenters. The molecule has 3 aromatic carbocycles. The number of unbranched alkanes of at least 4 members (excludes halogenated alkanes) is 1. The highest BCUT2D eigenvalue weighted by atomic mass is 32.2. The zero-order valence-electron chi connectivity index (χ0n) is 19.5. The average Bonchev–Trinajstić information content (AvgIpc) is 2.83. The van der Waals surface area contributed by atoms with Crippen LogP contribution in [-0.2, 0) is 27.7 Å².